The summed E-state index contributed by atoms with van der Waals surface area (Å²) >= 11 is 0. The molecule has 2 heteroatoms. The van der Waals surface area contributed by atoms with Crippen LogP contribution in [0.25, 0.3) is 0 Å². The zero-order chi connectivity index (χ0) is 9.19. The molecule has 0 radical (unpaired) electrons. The Morgan fingerprint density at radius 3 is 1.92 bits per heavy atom. The molecule has 0 amide bonds. The smallest absolute Gasteiger partial charge is 0.0344 e. The summed E-state index contributed by atoms with van der Waals surface area (Å²) in [7, 11) is 0. The van der Waals surface area contributed by atoms with Crippen LogP contribution >= 0.6 is 12.4 Å². The molecule has 0 saturated heterocycles. The molecule has 0 saturated carbocycles. The van der Waals surface area contributed by atoms with Gasteiger partial charge in [-0.2, -0.15) is 0 Å². The molecule has 0 heterocycles. The molecule has 1 atom stereocenters. The zero-order valence-electron chi connectivity index (χ0n) is 8.45. The lowest BCUT2D eigenvalue weighted by atomic mass is 9.83. The SMILES string of the molecule is CC(C)(C)[C@@H](N)c1ccccc1.Cl. The maximum atomic E-state index is 6.07. The van der Waals surface area contributed by atoms with E-state index in [-0.39, 0.29) is 23.9 Å². The van der Waals surface area contributed by atoms with Gasteiger partial charge in [0.2, 0.25) is 0 Å². The Hall–Kier alpha value is -0.530. The highest BCUT2D eigenvalue weighted by Gasteiger charge is 2.21. The van der Waals surface area contributed by atoms with Gasteiger partial charge in [-0.05, 0) is 11.0 Å². The maximum absolute atomic E-state index is 6.07. The van der Waals surface area contributed by atoms with Crippen molar-refractivity contribution in [3.8, 4) is 0 Å². The van der Waals surface area contributed by atoms with Gasteiger partial charge in [-0.25, -0.2) is 0 Å². The Bertz CT molecular complexity index is 238. The fourth-order valence-corrected chi connectivity index (χ4v) is 1.16. The van der Waals surface area contributed by atoms with E-state index < -0.39 is 0 Å². The lowest BCUT2D eigenvalue weighted by Crippen LogP contribution is -2.25. The largest absolute Gasteiger partial charge is 0.324 e. The van der Waals surface area contributed by atoms with Crippen LogP contribution in [-0.2, 0) is 0 Å². The van der Waals surface area contributed by atoms with E-state index in [0.29, 0.717) is 0 Å². The van der Waals surface area contributed by atoms with E-state index in [4.69, 9.17) is 5.73 Å². The van der Waals surface area contributed by atoms with Gasteiger partial charge in [0.25, 0.3) is 0 Å². The molecule has 0 aromatic heterocycles. The van der Waals surface area contributed by atoms with Crippen LogP contribution < -0.4 is 5.73 Å². The second-order valence-corrected chi connectivity index (χ2v) is 4.25. The minimum absolute atomic E-state index is 0. The van der Waals surface area contributed by atoms with Crippen LogP contribution in [0, 0.1) is 5.41 Å². The van der Waals surface area contributed by atoms with E-state index in [9.17, 15) is 0 Å². The molecule has 1 rings (SSSR count). The third-order valence-electron chi connectivity index (χ3n) is 2.09. The molecule has 0 aliphatic carbocycles. The summed E-state index contributed by atoms with van der Waals surface area (Å²) in [6.07, 6.45) is 0. The molecule has 0 fully saturated rings. The van der Waals surface area contributed by atoms with Crippen LogP contribution in [0.15, 0.2) is 30.3 Å². The van der Waals surface area contributed by atoms with Gasteiger partial charge in [-0.1, -0.05) is 51.1 Å². The third kappa shape index (κ3) is 3.37. The van der Waals surface area contributed by atoms with Crippen LogP contribution in [0.4, 0.5) is 0 Å². The number of rotatable bonds is 1. The summed E-state index contributed by atoms with van der Waals surface area (Å²) in [5.41, 5.74) is 7.43. The Kier molecular flexibility index (Phi) is 4.45. The van der Waals surface area contributed by atoms with Gasteiger partial charge in [-0.3, -0.25) is 0 Å². The van der Waals surface area contributed by atoms with E-state index in [2.05, 4.69) is 32.9 Å². The molecule has 0 unspecified atom stereocenters. The first kappa shape index (κ1) is 12.5. The Balaban J connectivity index is 0.00000144. The predicted molar refractivity (Wildman–Crippen MR) is 60.1 cm³/mol. The molecule has 1 nitrogen and oxygen atoms in total. The van der Waals surface area contributed by atoms with Crippen molar-refractivity contribution in [2.24, 2.45) is 11.1 Å². The maximum Gasteiger partial charge on any atom is 0.0344 e. The predicted octanol–water partition coefficient (Wildman–Crippen LogP) is 3.15. The van der Waals surface area contributed by atoms with E-state index in [1.165, 1.54) is 5.56 Å². The van der Waals surface area contributed by atoms with E-state index >= 15 is 0 Å². The second kappa shape index (κ2) is 4.64. The lowest BCUT2D eigenvalue weighted by Gasteiger charge is -2.27. The molecule has 0 aliphatic heterocycles. The van der Waals surface area contributed by atoms with Crippen LogP contribution in [0.2, 0.25) is 0 Å². The standard InChI is InChI=1S/C11H17N.ClH/c1-11(2,3)10(12)9-7-5-4-6-8-9;/h4-8,10H,12H2,1-3H3;1H/t10-;/m0./s1. The van der Waals surface area contributed by atoms with Crippen LogP contribution in [0.5, 0.6) is 0 Å². The molecule has 1 aromatic rings. The summed E-state index contributed by atoms with van der Waals surface area (Å²) in [5.74, 6) is 0. The molecule has 1 aromatic carbocycles. The molecular formula is C11H18ClN. The minimum Gasteiger partial charge on any atom is -0.324 e. The number of hydrogen-bond donors (Lipinski definition) is 1. The number of halogens is 1. The lowest BCUT2D eigenvalue weighted by molar-refractivity contribution is 0.327. The molecule has 2 N–H and O–H groups in total. The minimum atomic E-state index is 0. The summed E-state index contributed by atoms with van der Waals surface area (Å²) in [6.45, 7) is 6.47. The Morgan fingerprint density at radius 2 is 1.54 bits per heavy atom. The van der Waals surface area contributed by atoms with Gasteiger partial charge < -0.3 is 5.73 Å². The quantitative estimate of drug-likeness (QED) is 0.739. The highest BCUT2D eigenvalue weighted by Crippen LogP contribution is 2.29. The summed E-state index contributed by atoms with van der Waals surface area (Å²) in [6, 6.07) is 10.4. The van der Waals surface area contributed by atoms with E-state index in [1.807, 2.05) is 18.2 Å². The van der Waals surface area contributed by atoms with Gasteiger partial charge >= 0.3 is 0 Å². The fourth-order valence-electron chi connectivity index (χ4n) is 1.16. The van der Waals surface area contributed by atoms with Crippen molar-refractivity contribution in [2.45, 2.75) is 26.8 Å². The van der Waals surface area contributed by atoms with Crippen molar-refractivity contribution >= 4 is 12.4 Å². The number of benzene rings is 1. The molecule has 0 spiro atoms. The highest BCUT2D eigenvalue weighted by atomic mass is 35.5. The third-order valence-corrected chi connectivity index (χ3v) is 2.09. The summed E-state index contributed by atoms with van der Waals surface area (Å²) < 4.78 is 0. The van der Waals surface area contributed by atoms with Crippen molar-refractivity contribution in [3.05, 3.63) is 35.9 Å². The molecule has 0 aliphatic rings. The van der Waals surface area contributed by atoms with Crippen LogP contribution in [-0.4, -0.2) is 0 Å². The fraction of sp³-hybridized carbons (Fsp3) is 0.455. The van der Waals surface area contributed by atoms with Crippen molar-refractivity contribution in [3.63, 3.8) is 0 Å². The second-order valence-electron chi connectivity index (χ2n) is 4.25. The number of nitrogens with two attached hydrogens (primary N) is 1. The van der Waals surface area contributed by atoms with Crippen molar-refractivity contribution in [1.29, 1.82) is 0 Å². The van der Waals surface area contributed by atoms with Gasteiger partial charge in [0, 0.05) is 6.04 Å². The normalized spacial score (nSPS) is 13.2. The number of hydrogen-bond acceptors (Lipinski definition) is 1. The Labute approximate surface area is 86.7 Å². The van der Waals surface area contributed by atoms with Crippen LogP contribution in [0.1, 0.15) is 32.4 Å². The van der Waals surface area contributed by atoms with Crippen molar-refractivity contribution in [2.75, 3.05) is 0 Å². The average Bonchev–Trinajstić information content (AvgIpc) is 2.03. The Morgan fingerprint density at radius 1 is 1.08 bits per heavy atom. The van der Waals surface area contributed by atoms with E-state index in [0.717, 1.165) is 0 Å². The average molecular weight is 200 g/mol. The molecule has 74 valence electrons. The topological polar surface area (TPSA) is 26.0 Å². The first-order valence-electron chi connectivity index (χ1n) is 4.32. The first-order valence-corrected chi connectivity index (χ1v) is 4.32. The van der Waals surface area contributed by atoms with Gasteiger partial charge in [0.1, 0.15) is 0 Å². The zero-order valence-corrected chi connectivity index (χ0v) is 9.27. The molecule has 13 heavy (non-hydrogen) atoms. The highest BCUT2D eigenvalue weighted by molar-refractivity contribution is 5.85. The summed E-state index contributed by atoms with van der Waals surface area (Å²) in [5, 5.41) is 0. The van der Waals surface area contributed by atoms with Crippen molar-refractivity contribution < 1.29 is 0 Å². The van der Waals surface area contributed by atoms with Crippen LogP contribution in [0.3, 0.4) is 0 Å². The monoisotopic (exact) mass is 199 g/mol. The van der Waals surface area contributed by atoms with E-state index in [1.54, 1.807) is 0 Å². The summed E-state index contributed by atoms with van der Waals surface area (Å²) in [4.78, 5) is 0. The van der Waals surface area contributed by atoms with Crippen molar-refractivity contribution in [1.82, 2.24) is 0 Å². The molecular weight excluding hydrogens is 182 g/mol. The first-order chi connectivity index (χ1) is 5.52. The van der Waals surface area contributed by atoms with Gasteiger partial charge in [0.15, 0.2) is 0 Å². The van der Waals surface area contributed by atoms with Gasteiger partial charge in [-0.15, -0.1) is 12.4 Å². The molecule has 0 bridgehead atoms. The van der Waals surface area contributed by atoms with Gasteiger partial charge in [0.05, 0.1) is 0 Å².